The van der Waals surface area contributed by atoms with E-state index < -0.39 is 10.0 Å². The molecule has 2 N–H and O–H groups in total. The third kappa shape index (κ3) is 5.69. The van der Waals surface area contributed by atoms with E-state index in [1.807, 2.05) is 0 Å². The molecule has 1 aromatic rings. The number of rotatable bonds is 5. The fraction of sp³-hybridized carbons (Fsp3) is 0.650. The Morgan fingerprint density at radius 2 is 1.79 bits per heavy atom. The van der Waals surface area contributed by atoms with Gasteiger partial charge in [-0.3, -0.25) is 4.79 Å². The lowest BCUT2D eigenvalue weighted by Gasteiger charge is -2.34. The second kappa shape index (κ2) is 10.1. The molecule has 8 heteroatoms. The number of sulfonamides is 1. The van der Waals surface area contributed by atoms with Crippen molar-refractivity contribution in [1.82, 2.24) is 14.9 Å². The van der Waals surface area contributed by atoms with E-state index in [1.54, 1.807) is 22.5 Å². The molecule has 1 amide bonds. The summed E-state index contributed by atoms with van der Waals surface area (Å²) >= 11 is 0. The number of hydrogen-bond donors (Lipinski definition) is 2. The highest BCUT2D eigenvalue weighted by Gasteiger charge is 2.28. The number of piperidine rings is 1. The summed E-state index contributed by atoms with van der Waals surface area (Å²) in [4.78, 5) is 12.8. The number of carbonyl (C=O) groups is 1. The fourth-order valence-corrected chi connectivity index (χ4v) is 5.40. The second-order valence-electron chi connectivity index (χ2n) is 8.09. The number of nitrogens with one attached hydrogen (secondary N) is 2. The van der Waals surface area contributed by atoms with Gasteiger partial charge in [-0.05, 0) is 62.4 Å². The zero-order valence-corrected chi connectivity index (χ0v) is 18.2. The Kier molecular flexibility index (Phi) is 8.30. The predicted molar refractivity (Wildman–Crippen MR) is 113 cm³/mol. The van der Waals surface area contributed by atoms with Gasteiger partial charge in [0, 0.05) is 25.2 Å². The number of amides is 1. The van der Waals surface area contributed by atoms with Crippen LogP contribution in [0.25, 0.3) is 0 Å². The smallest absolute Gasteiger partial charge is 0.251 e. The van der Waals surface area contributed by atoms with E-state index in [4.69, 9.17) is 0 Å². The first-order valence-electron chi connectivity index (χ1n) is 10.00. The molecule has 0 radical (unpaired) electrons. The van der Waals surface area contributed by atoms with Crippen molar-refractivity contribution >= 4 is 28.3 Å². The Bertz CT molecular complexity index is 756. The molecule has 3 rings (SSSR count). The van der Waals surface area contributed by atoms with Crippen LogP contribution in [0.3, 0.4) is 0 Å². The number of hydrogen-bond acceptors (Lipinski definition) is 4. The maximum absolute atomic E-state index is 13.0. The summed E-state index contributed by atoms with van der Waals surface area (Å²) in [5.41, 5.74) is 0.500. The van der Waals surface area contributed by atoms with Gasteiger partial charge in [0.25, 0.3) is 5.91 Å². The van der Waals surface area contributed by atoms with Crippen molar-refractivity contribution in [2.24, 2.45) is 5.41 Å². The highest BCUT2D eigenvalue weighted by Crippen LogP contribution is 2.27. The molecule has 1 aromatic carbocycles. The summed E-state index contributed by atoms with van der Waals surface area (Å²) < 4.78 is 27.5. The molecular formula is C20H32ClN3O3S. The predicted octanol–water partition coefficient (Wildman–Crippen LogP) is 2.79. The molecule has 0 unspecified atom stereocenters. The normalized spacial score (nSPS) is 20.6. The lowest BCUT2D eigenvalue weighted by molar-refractivity contribution is 0.0922. The van der Waals surface area contributed by atoms with Crippen LogP contribution in [0.2, 0.25) is 0 Å². The Morgan fingerprint density at radius 1 is 1.14 bits per heavy atom. The van der Waals surface area contributed by atoms with Crippen molar-refractivity contribution < 1.29 is 13.2 Å². The summed E-state index contributed by atoms with van der Waals surface area (Å²) in [6, 6.07) is 6.44. The van der Waals surface area contributed by atoms with Crippen molar-refractivity contribution in [1.29, 1.82) is 0 Å². The average molecular weight is 430 g/mol. The minimum absolute atomic E-state index is 0. The summed E-state index contributed by atoms with van der Waals surface area (Å²) in [6.07, 6.45) is 5.98. The van der Waals surface area contributed by atoms with Crippen LogP contribution in [0.15, 0.2) is 29.2 Å². The molecule has 0 atom stereocenters. The second-order valence-corrected chi connectivity index (χ2v) is 10.0. The topological polar surface area (TPSA) is 78.5 Å². The molecule has 0 aliphatic carbocycles. The fourth-order valence-electron chi connectivity index (χ4n) is 3.83. The van der Waals surface area contributed by atoms with Crippen LogP contribution in [0.5, 0.6) is 0 Å². The van der Waals surface area contributed by atoms with Gasteiger partial charge in [-0.2, -0.15) is 4.31 Å². The zero-order chi connectivity index (χ0) is 19.3. The molecular weight excluding hydrogens is 398 g/mol. The summed E-state index contributed by atoms with van der Waals surface area (Å²) in [5, 5.41) is 6.34. The van der Waals surface area contributed by atoms with Gasteiger partial charge in [-0.15, -0.1) is 12.4 Å². The molecule has 2 aliphatic heterocycles. The number of benzene rings is 1. The van der Waals surface area contributed by atoms with Gasteiger partial charge >= 0.3 is 0 Å². The Morgan fingerprint density at radius 3 is 2.43 bits per heavy atom. The first-order valence-corrected chi connectivity index (χ1v) is 11.4. The maximum atomic E-state index is 13.0. The highest BCUT2D eigenvalue weighted by atomic mass is 35.5. The van der Waals surface area contributed by atoms with Crippen LogP contribution >= 0.6 is 12.4 Å². The van der Waals surface area contributed by atoms with Crippen molar-refractivity contribution in [3.05, 3.63) is 29.8 Å². The van der Waals surface area contributed by atoms with E-state index in [1.165, 1.54) is 6.07 Å². The van der Waals surface area contributed by atoms with Gasteiger partial charge in [-0.25, -0.2) is 8.42 Å². The molecule has 0 spiro atoms. The van der Waals surface area contributed by atoms with Gasteiger partial charge in [-0.1, -0.05) is 25.8 Å². The van der Waals surface area contributed by atoms with Crippen molar-refractivity contribution in [2.75, 3.05) is 32.7 Å². The van der Waals surface area contributed by atoms with E-state index in [0.717, 1.165) is 51.6 Å². The minimum atomic E-state index is -3.54. The van der Waals surface area contributed by atoms with Gasteiger partial charge in [0.2, 0.25) is 10.0 Å². The van der Waals surface area contributed by atoms with Crippen LogP contribution in [-0.4, -0.2) is 51.4 Å². The standard InChI is InChI=1S/C20H31N3O3S.ClH/c1-20(9-11-21-12-10-20)16-22-19(24)17-7-6-8-18(15-17)27(25,26)23-13-4-2-3-5-14-23;/h6-8,15,21H,2-5,9-14,16H2,1H3,(H,22,24);1H. The molecule has 0 bridgehead atoms. The highest BCUT2D eigenvalue weighted by molar-refractivity contribution is 7.89. The molecule has 0 aromatic heterocycles. The number of halogens is 1. The summed E-state index contributed by atoms with van der Waals surface area (Å²) in [7, 11) is -3.54. The molecule has 6 nitrogen and oxygen atoms in total. The maximum Gasteiger partial charge on any atom is 0.251 e. The van der Waals surface area contributed by atoms with Crippen LogP contribution in [0.4, 0.5) is 0 Å². The molecule has 158 valence electrons. The molecule has 2 heterocycles. The van der Waals surface area contributed by atoms with E-state index in [9.17, 15) is 13.2 Å². The minimum Gasteiger partial charge on any atom is -0.351 e. The molecule has 2 saturated heterocycles. The lowest BCUT2D eigenvalue weighted by atomic mass is 9.81. The van der Waals surface area contributed by atoms with E-state index >= 15 is 0 Å². The van der Waals surface area contributed by atoms with Gasteiger partial charge in [0.05, 0.1) is 4.90 Å². The molecule has 2 fully saturated rings. The van der Waals surface area contributed by atoms with Crippen molar-refractivity contribution in [3.8, 4) is 0 Å². The quantitative estimate of drug-likeness (QED) is 0.754. The first-order chi connectivity index (χ1) is 12.9. The van der Waals surface area contributed by atoms with E-state index in [-0.39, 0.29) is 28.6 Å². The Balaban J connectivity index is 0.00000280. The zero-order valence-electron chi connectivity index (χ0n) is 16.6. The van der Waals surface area contributed by atoms with Crippen LogP contribution in [0, 0.1) is 5.41 Å². The molecule has 0 saturated carbocycles. The van der Waals surface area contributed by atoms with Crippen LogP contribution < -0.4 is 10.6 Å². The lowest BCUT2D eigenvalue weighted by Crippen LogP contribution is -2.42. The van der Waals surface area contributed by atoms with Crippen LogP contribution in [0.1, 0.15) is 55.8 Å². The Hall–Kier alpha value is -1.15. The van der Waals surface area contributed by atoms with Gasteiger partial charge in [0.1, 0.15) is 0 Å². The van der Waals surface area contributed by atoms with Crippen molar-refractivity contribution in [2.45, 2.75) is 50.3 Å². The third-order valence-electron chi connectivity index (χ3n) is 5.79. The molecule has 2 aliphatic rings. The van der Waals surface area contributed by atoms with E-state index in [0.29, 0.717) is 25.2 Å². The van der Waals surface area contributed by atoms with E-state index in [2.05, 4.69) is 17.6 Å². The summed E-state index contributed by atoms with van der Waals surface area (Å²) in [5.74, 6) is -0.206. The summed E-state index contributed by atoms with van der Waals surface area (Å²) in [6.45, 7) is 5.85. The van der Waals surface area contributed by atoms with Crippen LogP contribution in [-0.2, 0) is 10.0 Å². The van der Waals surface area contributed by atoms with Gasteiger partial charge < -0.3 is 10.6 Å². The first kappa shape index (κ1) is 23.1. The molecule has 28 heavy (non-hydrogen) atoms. The monoisotopic (exact) mass is 429 g/mol. The van der Waals surface area contributed by atoms with Gasteiger partial charge in [0.15, 0.2) is 0 Å². The Labute approximate surface area is 174 Å². The SMILES string of the molecule is CC1(CNC(=O)c2cccc(S(=O)(=O)N3CCCCCC3)c2)CCNCC1.Cl. The average Bonchev–Trinajstić information content (AvgIpc) is 2.97. The third-order valence-corrected chi connectivity index (χ3v) is 7.68. The van der Waals surface area contributed by atoms with Crippen molar-refractivity contribution in [3.63, 3.8) is 0 Å². The largest absolute Gasteiger partial charge is 0.351 e. The number of nitrogens with zero attached hydrogens (tertiary/aromatic N) is 1. The number of carbonyl (C=O) groups excluding carboxylic acids is 1.